The molecule has 4 rings (SSSR count). The van der Waals surface area contributed by atoms with Crippen LogP contribution in [0.25, 0.3) is 0 Å². The third-order valence-electron chi connectivity index (χ3n) is 5.94. The minimum Gasteiger partial charge on any atom is -0.485 e. The van der Waals surface area contributed by atoms with Crippen molar-refractivity contribution >= 4 is 40.8 Å². The van der Waals surface area contributed by atoms with Gasteiger partial charge >= 0.3 is 0 Å². The van der Waals surface area contributed by atoms with Gasteiger partial charge in [0.1, 0.15) is 6.61 Å². The quantitative estimate of drug-likeness (QED) is 0.747. The molecule has 3 heterocycles. The Morgan fingerprint density at radius 3 is 2.57 bits per heavy atom. The van der Waals surface area contributed by atoms with Gasteiger partial charge in [0.15, 0.2) is 11.6 Å². The van der Waals surface area contributed by atoms with Gasteiger partial charge in [-0.2, -0.15) is 0 Å². The Morgan fingerprint density at radius 2 is 1.93 bits per heavy atom. The Balaban J connectivity index is 1.45. The highest BCUT2D eigenvalue weighted by Crippen LogP contribution is 2.38. The number of halogens is 2. The molecule has 2 aliphatic rings. The van der Waals surface area contributed by atoms with E-state index in [9.17, 15) is 9.59 Å². The van der Waals surface area contributed by atoms with Crippen molar-refractivity contribution in [3.05, 3.63) is 51.6 Å². The lowest BCUT2D eigenvalue weighted by Gasteiger charge is -2.37. The smallest absolute Gasteiger partial charge is 0.255 e. The number of nitrogen functional groups attached to an aromatic ring is 1. The number of nitrogens with two attached hydrogens (primary N) is 1. The molecule has 1 aromatic carbocycles. The molecule has 0 bridgehead atoms. The van der Waals surface area contributed by atoms with E-state index in [0.717, 1.165) is 6.42 Å². The van der Waals surface area contributed by atoms with Crippen LogP contribution >= 0.6 is 23.2 Å². The van der Waals surface area contributed by atoms with Gasteiger partial charge in [-0.25, -0.2) is 4.98 Å². The predicted octanol–water partition coefficient (Wildman–Crippen LogP) is 3.29. The number of hydrogen-bond acceptors (Lipinski definition) is 5. The maximum Gasteiger partial charge on any atom is 0.255 e. The number of hydrogen-bond donors (Lipinski definition) is 2. The molecule has 0 radical (unpaired) electrons. The molecule has 9 heteroatoms. The molecule has 2 aliphatic heterocycles. The molecule has 0 aliphatic carbocycles. The van der Waals surface area contributed by atoms with Crippen LogP contribution in [0, 0.1) is 5.41 Å². The molecule has 30 heavy (non-hydrogen) atoms. The molecule has 1 spiro atoms. The van der Waals surface area contributed by atoms with E-state index in [0.29, 0.717) is 59.4 Å². The van der Waals surface area contributed by atoms with Crippen LogP contribution in [0.2, 0.25) is 10.0 Å². The average Bonchev–Trinajstić information content (AvgIpc) is 3.08. The van der Waals surface area contributed by atoms with E-state index < -0.39 is 0 Å². The predicted molar refractivity (Wildman–Crippen MR) is 115 cm³/mol. The summed E-state index contributed by atoms with van der Waals surface area (Å²) < 4.78 is 5.77. The number of nitrogens with one attached hydrogen (secondary N) is 1. The molecule has 0 saturated carbocycles. The zero-order valence-electron chi connectivity index (χ0n) is 16.3. The van der Waals surface area contributed by atoms with Crippen molar-refractivity contribution in [1.82, 2.24) is 15.2 Å². The van der Waals surface area contributed by atoms with E-state index in [2.05, 4.69) is 10.3 Å². The Morgan fingerprint density at radius 1 is 1.23 bits per heavy atom. The second-order valence-electron chi connectivity index (χ2n) is 7.67. The molecule has 1 aromatic heterocycles. The lowest BCUT2D eigenvalue weighted by Crippen LogP contribution is -2.46. The number of benzene rings is 1. The number of carbonyl (C=O) groups is 2. The van der Waals surface area contributed by atoms with Crippen molar-refractivity contribution in [2.45, 2.75) is 25.9 Å². The Bertz CT molecular complexity index is 970. The fourth-order valence-corrected chi connectivity index (χ4v) is 4.53. The van der Waals surface area contributed by atoms with Gasteiger partial charge in [-0.1, -0.05) is 29.3 Å². The molecule has 2 fully saturated rings. The standard InChI is InChI=1S/C21H22Cl2N4O3/c22-15-2-1-3-16(23)14(15)12-30-17-10-13(11-26-18(17)24)19(28)27-8-5-21(6-9-27)4-7-25-20(21)29/h1-3,10-11H,4-9,12H2,(H2,24,26)(H,25,29). The first kappa shape index (κ1) is 20.8. The second kappa shape index (κ2) is 8.32. The van der Waals surface area contributed by atoms with Gasteiger partial charge in [-0.15, -0.1) is 0 Å². The maximum absolute atomic E-state index is 13.0. The summed E-state index contributed by atoms with van der Waals surface area (Å²) >= 11 is 12.4. The number of likely N-dealkylation sites (tertiary alicyclic amines) is 1. The Labute approximate surface area is 184 Å². The molecule has 0 atom stereocenters. The van der Waals surface area contributed by atoms with Gasteiger partial charge in [0.25, 0.3) is 5.91 Å². The molecule has 2 amide bonds. The van der Waals surface area contributed by atoms with E-state index in [-0.39, 0.29) is 29.7 Å². The number of pyridine rings is 1. The topological polar surface area (TPSA) is 97.5 Å². The highest BCUT2D eigenvalue weighted by Gasteiger charge is 2.45. The molecule has 3 N–H and O–H groups in total. The van der Waals surface area contributed by atoms with Gasteiger partial charge in [0.05, 0.1) is 11.0 Å². The third-order valence-corrected chi connectivity index (χ3v) is 6.65. The van der Waals surface area contributed by atoms with Crippen molar-refractivity contribution in [3.63, 3.8) is 0 Å². The molecule has 2 saturated heterocycles. The summed E-state index contributed by atoms with van der Waals surface area (Å²) in [4.78, 5) is 31.0. The molecular weight excluding hydrogens is 427 g/mol. The van der Waals surface area contributed by atoms with Crippen LogP contribution in [-0.4, -0.2) is 41.3 Å². The molecule has 2 aromatic rings. The van der Waals surface area contributed by atoms with Crippen LogP contribution < -0.4 is 15.8 Å². The van der Waals surface area contributed by atoms with Gasteiger partial charge in [0, 0.05) is 41.4 Å². The van der Waals surface area contributed by atoms with Gasteiger partial charge in [-0.05, 0) is 37.5 Å². The van der Waals surface area contributed by atoms with Crippen LogP contribution in [0.3, 0.4) is 0 Å². The highest BCUT2D eigenvalue weighted by molar-refractivity contribution is 6.35. The molecule has 7 nitrogen and oxygen atoms in total. The lowest BCUT2D eigenvalue weighted by atomic mass is 9.77. The minimum absolute atomic E-state index is 0.101. The summed E-state index contributed by atoms with van der Waals surface area (Å²) in [6, 6.07) is 6.78. The lowest BCUT2D eigenvalue weighted by molar-refractivity contribution is -0.129. The third kappa shape index (κ3) is 3.91. The zero-order valence-corrected chi connectivity index (χ0v) is 17.8. The van der Waals surface area contributed by atoms with E-state index in [4.69, 9.17) is 33.7 Å². The number of amides is 2. The monoisotopic (exact) mass is 448 g/mol. The van der Waals surface area contributed by atoms with Crippen LogP contribution in [-0.2, 0) is 11.4 Å². The number of ether oxygens (including phenoxy) is 1. The number of nitrogens with zero attached hydrogens (tertiary/aromatic N) is 2. The second-order valence-corrected chi connectivity index (χ2v) is 8.49. The fourth-order valence-electron chi connectivity index (χ4n) is 4.02. The first-order valence-electron chi connectivity index (χ1n) is 9.78. The minimum atomic E-state index is -0.321. The zero-order chi connectivity index (χ0) is 21.3. The molecular formula is C21H22Cl2N4O3. The normalized spacial score (nSPS) is 17.8. The average molecular weight is 449 g/mol. The number of rotatable bonds is 4. The Hall–Kier alpha value is -2.51. The number of aromatic nitrogens is 1. The first-order valence-corrected chi connectivity index (χ1v) is 10.5. The van der Waals surface area contributed by atoms with Gasteiger partial charge in [0.2, 0.25) is 5.91 Å². The van der Waals surface area contributed by atoms with Crippen LogP contribution in [0.5, 0.6) is 5.75 Å². The summed E-state index contributed by atoms with van der Waals surface area (Å²) in [7, 11) is 0. The number of carbonyl (C=O) groups excluding carboxylic acids is 2. The van der Waals surface area contributed by atoms with Crippen molar-refractivity contribution < 1.29 is 14.3 Å². The largest absolute Gasteiger partial charge is 0.485 e. The summed E-state index contributed by atoms with van der Waals surface area (Å²) in [5, 5.41) is 3.87. The van der Waals surface area contributed by atoms with E-state index in [1.54, 1.807) is 29.2 Å². The molecule has 158 valence electrons. The van der Waals surface area contributed by atoms with Gasteiger partial charge in [-0.3, -0.25) is 9.59 Å². The van der Waals surface area contributed by atoms with Crippen molar-refractivity contribution in [1.29, 1.82) is 0 Å². The summed E-state index contributed by atoms with van der Waals surface area (Å²) in [5.41, 5.74) is 6.63. The number of anilines is 1. The van der Waals surface area contributed by atoms with Crippen LogP contribution in [0.4, 0.5) is 5.82 Å². The molecule has 0 unspecified atom stereocenters. The van der Waals surface area contributed by atoms with Crippen LogP contribution in [0.15, 0.2) is 30.5 Å². The SMILES string of the molecule is Nc1ncc(C(=O)N2CCC3(CCNC3=O)CC2)cc1OCc1c(Cl)cccc1Cl. The summed E-state index contributed by atoms with van der Waals surface area (Å²) in [6.07, 6.45) is 3.61. The van der Waals surface area contributed by atoms with Crippen molar-refractivity contribution in [2.75, 3.05) is 25.4 Å². The Kier molecular flexibility index (Phi) is 5.75. The van der Waals surface area contributed by atoms with E-state index in [1.807, 2.05) is 0 Å². The number of piperidine rings is 1. The first-order chi connectivity index (χ1) is 14.4. The highest BCUT2D eigenvalue weighted by atomic mass is 35.5. The van der Waals surface area contributed by atoms with Crippen molar-refractivity contribution in [2.24, 2.45) is 5.41 Å². The fraction of sp³-hybridized carbons (Fsp3) is 0.381. The van der Waals surface area contributed by atoms with Gasteiger partial charge < -0.3 is 20.7 Å². The maximum atomic E-state index is 13.0. The van der Waals surface area contributed by atoms with E-state index in [1.165, 1.54) is 6.20 Å². The summed E-state index contributed by atoms with van der Waals surface area (Å²) in [6.45, 7) is 1.87. The van der Waals surface area contributed by atoms with Crippen molar-refractivity contribution in [3.8, 4) is 5.75 Å². The van der Waals surface area contributed by atoms with Crippen LogP contribution in [0.1, 0.15) is 35.2 Å². The summed E-state index contributed by atoms with van der Waals surface area (Å²) in [5.74, 6) is 0.421. The van der Waals surface area contributed by atoms with E-state index >= 15 is 0 Å².